The number of carbonyl (C=O) groups excluding carboxylic acids is 1. The second-order valence-electron chi connectivity index (χ2n) is 9.01. The largest absolute Gasteiger partial charge is 0.508 e. The third kappa shape index (κ3) is 5.48. The highest BCUT2D eigenvalue weighted by molar-refractivity contribution is 5.90. The third-order valence-corrected chi connectivity index (χ3v) is 6.24. The van der Waals surface area contributed by atoms with Gasteiger partial charge in [0.1, 0.15) is 23.7 Å². The molecule has 0 radical (unpaired) electrons. The van der Waals surface area contributed by atoms with Crippen molar-refractivity contribution in [3.8, 4) is 16.9 Å². The second kappa shape index (κ2) is 10.2. The predicted octanol–water partition coefficient (Wildman–Crippen LogP) is 5.56. The van der Waals surface area contributed by atoms with E-state index in [1.165, 1.54) is 18.5 Å². The Morgan fingerprint density at radius 3 is 2.57 bits per heavy atom. The Kier molecular flexibility index (Phi) is 6.64. The number of aromatic hydroxyl groups is 1. The van der Waals surface area contributed by atoms with Crippen molar-refractivity contribution < 1.29 is 18.7 Å². The van der Waals surface area contributed by atoms with E-state index in [9.17, 15) is 18.7 Å². The van der Waals surface area contributed by atoms with Crippen molar-refractivity contribution in [2.75, 3.05) is 0 Å². The first-order chi connectivity index (χ1) is 17.9. The Labute approximate surface area is 212 Å². The van der Waals surface area contributed by atoms with E-state index in [1.807, 2.05) is 31.2 Å². The zero-order chi connectivity index (χ0) is 25.9. The molecule has 3 N–H and O–H groups in total. The molecule has 0 spiro atoms. The molecule has 37 heavy (non-hydrogen) atoms. The van der Waals surface area contributed by atoms with E-state index in [0.29, 0.717) is 22.4 Å². The molecule has 6 nitrogen and oxygen atoms in total. The maximum atomic E-state index is 14.0. The number of fused-ring (bicyclic) bond motifs is 1. The summed E-state index contributed by atoms with van der Waals surface area (Å²) in [5, 5.41) is 13.6. The summed E-state index contributed by atoms with van der Waals surface area (Å²) in [6.45, 7) is 1.98. The van der Waals surface area contributed by atoms with Gasteiger partial charge in [-0.2, -0.15) is 0 Å². The lowest BCUT2D eigenvalue weighted by Gasteiger charge is -2.21. The standard InChI is InChI=1S/C29H24F2N4O2/c1-17-2-4-19(5-3-17)25-15-32-16-34-29(25)27(10-18-8-21(30)12-22(31)9-18)35-28(37)11-20-14-33-26-7-6-23(36)13-24(20)26/h2-9,12-16,27,33,36H,10-11H2,1H3,(H,35,37). The molecule has 2 heterocycles. The van der Waals surface area contributed by atoms with Crippen molar-refractivity contribution in [3.63, 3.8) is 0 Å². The summed E-state index contributed by atoms with van der Waals surface area (Å²) in [6.07, 6.45) is 4.93. The van der Waals surface area contributed by atoms with E-state index in [1.54, 1.807) is 30.6 Å². The van der Waals surface area contributed by atoms with Gasteiger partial charge in [0.05, 0.1) is 18.2 Å². The fraction of sp³-hybridized carbons (Fsp3) is 0.138. The minimum Gasteiger partial charge on any atom is -0.508 e. The molecule has 2 aromatic heterocycles. The van der Waals surface area contributed by atoms with Crippen molar-refractivity contribution in [2.24, 2.45) is 0 Å². The van der Waals surface area contributed by atoms with Gasteiger partial charge in [-0.05, 0) is 60.4 Å². The minimum atomic E-state index is -0.694. The van der Waals surface area contributed by atoms with Crippen LogP contribution in [-0.2, 0) is 17.6 Å². The summed E-state index contributed by atoms with van der Waals surface area (Å²) >= 11 is 0. The van der Waals surface area contributed by atoms with Crippen LogP contribution in [0.2, 0.25) is 0 Å². The van der Waals surface area contributed by atoms with Crippen molar-refractivity contribution in [1.29, 1.82) is 0 Å². The van der Waals surface area contributed by atoms with E-state index in [2.05, 4.69) is 20.3 Å². The number of aromatic nitrogens is 3. The van der Waals surface area contributed by atoms with Crippen molar-refractivity contribution in [2.45, 2.75) is 25.8 Å². The van der Waals surface area contributed by atoms with Crippen LogP contribution in [-0.4, -0.2) is 26.0 Å². The molecule has 0 fully saturated rings. The van der Waals surface area contributed by atoms with Gasteiger partial charge < -0.3 is 15.4 Å². The number of phenolic OH excluding ortho intramolecular Hbond substituents is 1. The Morgan fingerprint density at radius 1 is 1.05 bits per heavy atom. The molecule has 3 aromatic carbocycles. The van der Waals surface area contributed by atoms with Crippen LogP contribution >= 0.6 is 0 Å². The van der Waals surface area contributed by atoms with E-state index in [4.69, 9.17) is 0 Å². The van der Waals surface area contributed by atoms with Crippen LogP contribution in [0.4, 0.5) is 8.78 Å². The number of hydrogen-bond donors (Lipinski definition) is 3. The topological polar surface area (TPSA) is 90.9 Å². The first-order valence-corrected chi connectivity index (χ1v) is 11.8. The molecular weight excluding hydrogens is 474 g/mol. The molecule has 0 saturated carbocycles. The molecule has 186 valence electrons. The number of benzene rings is 3. The fourth-order valence-electron chi connectivity index (χ4n) is 4.48. The normalized spacial score (nSPS) is 12.0. The number of amides is 1. The first-order valence-electron chi connectivity index (χ1n) is 11.8. The maximum Gasteiger partial charge on any atom is 0.225 e. The van der Waals surface area contributed by atoms with Gasteiger partial charge in [0.15, 0.2) is 0 Å². The number of halogens is 2. The van der Waals surface area contributed by atoms with Gasteiger partial charge in [0.2, 0.25) is 5.91 Å². The highest BCUT2D eigenvalue weighted by Gasteiger charge is 2.22. The summed E-state index contributed by atoms with van der Waals surface area (Å²) in [5.74, 6) is -1.59. The zero-order valence-corrected chi connectivity index (χ0v) is 20.0. The van der Waals surface area contributed by atoms with Crippen LogP contribution < -0.4 is 5.32 Å². The SMILES string of the molecule is Cc1ccc(-c2cncnc2C(Cc2cc(F)cc(F)c2)NC(=O)Cc2c[nH]c3ccc(O)cc23)cc1. The molecule has 0 aliphatic carbocycles. The number of hydrogen-bond acceptors (Lipinski definition) is 4. The maximum absolute atomic E-state index is 14.0. The molecule has 1 amide bonds. The Hall–Kier alpha value is -4.59. The number of rotatable bonds is 7. The van der Waals surface area contributed by atoms with Gasteiger partial charge >= 0.3 is 0 Å². The average Bonchev–Trinajstić information content (AvgIpc) is 3.25. The molecule has 0 aliphatic rings. The number of phenols is 1. The smallest absolute Gasteiger partial charge is 0.225 e. The van der Waals surface area contributed by atoms with Crippen LogP contribution in [0, 0.1) is 18.6 Å². The van der Waals surface area contributed by atoms with Crippen LogP contribution in [0.3, 0.4) is 0 Å². The van der Waals surface area contributed by atoms with Gasteiger partial charge in [-0.15, -0.1) is 0 Å². The van der Waals surface area contributed by atoms with Crippen LogP contribution in [0.1, 0.15) is 28.4 Å². The van der Waals surface area contributed by atoms with Gasteiger partial charge in [0, 0.05) is 34.9 Å². The van der Waals surface area contributed by atoms with Crippen molar-refractivity contribution in [3.05, 3.63) is 113 Å². The number of nitrogens with one attached hydrogen (secondary N) is 2. The van der Waals surface area contributed by atoms with E-state index < -0.39 is 17.7 Å². The summed E-state index contributed by atoms with van der Waals surface area (Å²) < 4.78 is 28.0. The number of H-pyrrole nitrogens is 1. The molecule has 0 bridgehead atoms. The molecule has 5 aromatic rings. The third-order valence-electron chi connectivity index (χ3n) is 6.24. The molecule has 1 atom stereocenters. The van der Waals surface area contributed by atoms with E-state index in [-0.39, 0.29) is 24.5 Å². The number of aryl methyl sites for hydroxylation is 1. The summed E-state index contributed by atoms with van der Waals surface area (Å²) in [7, 11) is 0. The predicted molar refractivity (Wildman–Crippen MR) is 137 cm³/mol. The second-order valence-corrected chi connectivity index (χ2v) is 9.01. The first kappa shape index (κ1) is 24.1. The molecule has 0 saturated heterocycles. The quantitative estimate of drug-likeness (QED) is 0.274. The van der Waals surface area contributed by atoms with Crippen LogP contribution in [0.15, 0.2) is 79.4 Å². The highest BCUT2D eigenvalue weighted by atomic mass is 19.1. The summed E-state index contributed by atoms with van der Waals surface area (Å²) in [5.41, 5.74) is 5.08. The van der Waals surface area contributed by atoms with Crippen LogP contribution in [0.25, 0.3) is 22.0 Å². The van der Waals surface area contributed by atoms with E-state index in [0.717, 1.165) is 28.1 Å². The average molecular weight is 499 g/mol. The summed E-state index contributed by atoms with van der Waals surface area (Å²) in [4.78, 5) is 25.0. The van der Waals surface area contributed by atoms with Gasteiger partial charge in [0.25, 0.3) is 0 Å². The number of carbonyl (C=O) groups is 1. The van der Waals surface area contributed by atoms with E-state index >= 15 is 0 Å². The molecule has 5 rings (SSSR count). The lowest BCUT2D eigenvalue weighted by Crippen LogP contribution is -2.32. The molecule has 8 heteroatoms. The van der Waals surface area contributed by atoms with Gasteiger partial charge in [-0.25, -0.2) is 18.7 Å². The summed E-state index contributed by atoms with van der Waals surface area (Å²) in [6, 6.07) is 15.3. The highest BCUT2D eigenvalue weighted by Crippen LogP contribution is 2.29. The van der Waals surface area contributed by atoms with Gasteiger partial charge in [-0.1, -0.05) is 29.8 Å². The number of aromatic amines is 1. The monoisotopic (exact) mass is 498 g/mol. The zero-order valence-electron chi connectivity index (χ0n) is 20.0. The molecular formula is C29H24F2N4O2. The lowest BCUT2D eigenvalue weighted by molar-refractivity contribution is -0.121. The Bertz CT molecular complexity index is 1560. The lowest BCUT2D eigenvalue weighted by atomic mass is 9.95. The Balaban J connectivity index is 1.49. The molecule has 0 aliphatic heterocycles. The van der Waals surface area contributed by atoms with Crippen molar-refractivity contribution >= 4 is 16.8 Å². The van der Waals surface area contributed by atoms with Gasteiger partial charge in [-0.3, -0.25) is 4.79 Å². The minimum absolute atomic E-state index is 0.0302. The number of nitrogens with zero attached hydrogens (tertiary/aromatic N) is 2. The Morgan fingerprint density at radius 2 is 1.81 bits per heavy atom. The van der Waals surface area contributed by atoms with Crippen LogP contribution in [0.5, 0.6) is 5.75 Å². The molecule has 1 unspecified atom stereocenters. The van der Waals surface area contributed by atoms with Crippen molar-refractivity contribution in [1.82, 2.24) is 20.3 Å². The fourth-order valence-corrected chi connectivity index (χ4v) is 4.48.